The Morgan fingerprint density at radius 2 is 1.60 bits per heavy atom. The van der Waals surface area contributed by atoms with Gasteiger partial charge in [0.15, 0.2) is 11.5 Å². The van der Waals surface area contributed by atoms with Crippen molar-refractivity contribution in [3.8, 4) is 34.3 Å². The number of hydrogen-bond donors (Lipinski definition) is 1. The number of amides is 1. The first kappa shape index (κ1) is 19.1. The van der Waals surface area contributed by atoms with Crippen molar-refractivity contribution in [2.75, 3.05) is 19.5 Å². The summed E-state index contributed by atoms with van der Waals surface area (Å²) in [6, 6.07) is 15.8. The van der Waals surface area contributed by atoms with Gasteiger partial charge in [-0.1, -0.05) is 5.16 Å². The molecule has 0 aliphatic rings. The maximum atomic E-state index is 12.2. The van der Waals surface area contributed by atoms with Gasteiger partial charge < -0.3 is 19.3 Å². The molecule has 0 fully saturated rings. The van der Waals surface area contributed by atoms with E-state index in [1.165, 1.54) is 0 Å². The number of carbonyl (C=O) groups excluding carboxylic acids is 1. The third-order valence-electron chi connectivity index (χ3n) is 4.40. The first-order chi connectivity index (χ1) is 14.7. The highest BCUT2D eigenvalue weighted by Gasteiger charge is 2.14. The lowest BCUT2D eigenvalue weighted by Gasteiger charge is -2.07. The maximum Gasteiger partial charge on any atom is 0.258 e. The van der Waals surface area contributed by atoms with E-state index in [0.29, 0.717) is 34.5 Å². The Bertz CT molecular complexity index is 1160. The number of nitrogens with zero attached hydrogens (tertiary/aromatic N) is 3. The molecule has 0 aliphatic heterocycles. The van der Waals surface area contributed by atoms with Crippen LogP contribution in [0.3, 0.4) is 0 Å². The van der Waals surface area contributed by atoms with E-state index in [1.54, 1.807) is 75.1 Å². The van der Waals surface area contributed by atoms with Crippen molar-refractivity contribution in [3.63, 3.8) is 0 Å². The summed E-state index contributed by atoms with van der Waals surface area (Å²) in [5.74, 6) is 1.79. The molecule has 1 N–H and O–H groups in total. The predicted octanol–water partition coefficient (Wildman–Crippen LogP) is 4.07. The molecule has 0 spiro atoms. The van der Waals surface area contributed by atoms with Crippen LogP contribution in [0.2, 0.25) is 0 Å². The molecule has 4 aromatic rings. The first-order valence-corrected chi connectivity index (χ1v) is 9.06. The normalized spacial score (nSPS) is 10.5. The lowest BCUT2D eigenvalue weighted by molar-refractivity contribution is 0.102. The highest BCUT2D eigenvalue weighted by atomic mass is 16.5. The second-order valence-electron chi connectivity index (χ2n) is 6.26. The van der Waals surface area contributed by atoms with Crippen molar-refractivity contribution in [1.29, 1.82) is 0 Å². The third kappa shape index (κ3) is 3.97. The fourth-order valence-electron chi connectivity index (χ4n) is 2.84. The molecule has 0 unspecified atom stereocenters. The van der Waals surface area contributed by atoms with Gasteiger partial charge in [0.2, 0.25) is 5.82 Å². The molecule has 0 saturated heterocycles. The Labute approximate surface area is 172 Å². The number of ether oxygens (including phenoxy) is 2. The second kappa shape index (κ2) is 8.44. The molecule has 8 heteroatoms. The van der Waals surface area contributed by atoms with Gasteiger partial charge >= 0.3 is 0 Å². The quantitative estimate of drug-likeness (QED) is 0.519. The van der Waals surface area contributed by atoms with Crippen molar-refractivity contribution in [1.82, 2.24) is 15.1 Å². The minimum absolute atomic E-state index is 0.210. The second-order valence-corrected chi connectivity index (χ2v) is 6.26. The molecular weight excluding hydrogens is 384 g/mol. The molecule has 2 heterocycles. The molecule has 2 aromatic carbocycles. The number of benzene rings is 2. The van der Waals surface area contributed by atoms with E-state index in [1.807, 2.05) is 6.07 Å². The van der Waals surface area contributed by atoms with Gasteiger partial charge in [0.05, 0.1) is 14.2 Å². The molecule has 0 atom stereocenters. The van der Waals surface area contributed by atoms with Gasteiger partial charge in [-0.05, 0) is 54.6 Å². The van der Waals surface area contributed by atoms with Crippen molar-refractivity contribution in [3.05, 3.63) is 72.6 Å². The lowest BCUT2D eigenvalue weighted by atomic mass is 10.1. The SMILES string of the molecule is COc1ccc(-c2noc(-c3ccc(NC(=O)c4ccncc4)cc3)n2)cc1OC. The van der Waals surface area contributed by atoms with Crippen LogP contribution in [0.25, 0.3) is 22.8 Å². The molecule has 0 radical (unpaired) electrons. The van der Waals surface area contributed by atoms with E-state index >= 15 is 0 Å². The van der Waals surface area contributed by atoms with Crippen LogP contribution in [0, 0.1) is 0 Å². The highest BCUT2D eigenvalue weighted by Crippen LogP contribution is 2.32. The topological polar surface area (TPSA) is 99.4 Å². The summed E-state index contributed by atoms with van der Waals surface area (Å²) in [6.07, 6.45) is 3.15. The Balaban J connectivity index is 1.51. The molecule has 8 nitrogen and oxygen atoms in total. The summed E-state index contributed by atoms with van der Waals surface area (Å²) in [5, 5.41) is 6.88. The Morgan fingerprint density at radius 3 is 2.30 bits per heavy atom. The lowest BCUT2D eigenvalue weighted by Crippen LogP contribution is -2.11. The fraction of sp³-hybridized carbons (Fsp3) is 0.0909. The van der Waals surface area contributed by atoms with E-state index in [-0.39, 0.29) is 5.91 Å². The van der Waals surface area contributed by atoms with E-state index in [4.69, 9.17) is 14.0 Å². The molecule has 0 aliphatic carbocycles. The summed E-state index contributed by atoms with van der Waals surface area (Å²) in [6.45, 7) is 0. The molecule has 2 aromatic heterocycles. The summed E-state index contributed by atoms with van der Waals surface area (Å²) >= 11 is 0. The van der Waals surface area contributed by atoms with Crippen LogP contribution in [0.1, 0.15) is 10.4 Å². The van der Waals surface area contributed by atoms with Crippen molar-refractivity contribution in [2.45, 2.75) is 0 Å². The number of pyridine rings is 1. The third-order valence-corrected chi connectivity index (χ3v) is 4.40. The molecule has 0 saturated carbocycles. The summed E-state index contributed by atoms with van der Waals surface area (Å²) < 4.78 is 16.0. The van der Waals surface area contributed by atoms with Crippen LogP contribution < -0.4 is 14.8 Å². The van der Waals surface area contributed by atoms with Gasteiger partial charge in [0.25, 0.3) is 11.8 Å². The molecule has 4 rings (SSSR count). The Hall–Kier alpha value is -4.20. The van der Waals surface area contributed by atoms with Crippen molar-refractivity contribution >= 4 is 11.6 Å². The van der Waals surface area contributed by atoms with Gasteiger partial charge in [0.1, 0.15) is 0 Å². The van der Waals surface area contributed by atoms with Crippen molar-refractivity contribution < 1.29 is 18.8 Å². The number of aromatic nitrogens is 3. The van der Waals surface area contributed by atoms with Gasteiger partial charge in [-0.15, -0.1) is 0 Å². The van der Waals surface area contributed by atoms with E-state index in [0.717, 1.165) is 11.1 Å². The molecule has 1 amide bonds. The number of carbonyl (C=O) groups is 1. The number of methoxy groups -OCH3 is 2. The Kier molecular flexibility index (Phi) is 5.38. The van der Waals surface area contributed by atoms with Crippen LogP contribution in [0.15, 0.2) is 71.5 Å². The number of nitrogens with one attached hydrogen (secondary N) is 1. The zero-order valence-electron chi connectivity index (χ0n) is 16.3. The number of anilines is 1. The number of rotatable bonds is 6. The summed E-state index contributed by atoms with van der Waals surface area (Å²) in [5.41, 5.74) is 2.66. The molecular formula is C22H18N4O4. The fourth-order valence-corrected chi connectivity index (χ4v) is 2.84. The zero-order chi connectivity index (χ0) is 20.9. The molecule has 0 bridgehead atoms. The summed E-state index contributed by atoms with van der Waals surface area (Å²) in [7, 11) is 3.14. The van der Waals surface area contributed by atoms with E-state index in [9.17, 15) is 4.79 Å². The van der Waals surface area contributed by atoms with E-state index in [2.05, 4.69) is 20.4 Å². The molecule has 150 valence electrons. The predicted molar refractivity (Wildman–Crippen MR) is 110 cm³/mol. The van der Waals surface area contributed by atoms with Gasteiger partial charge in [0, 0.05) is 34.8 Å². The average molecular weight is 402 g/mol. The number of hydrogen-bond acceptors (Lipinski definition) is 7. The zero-order valence-corrected chi connectivity index (χ0v) is 16.3. The maximum absolute atomic E-state index is 12.2. The van der Waals surface area contributed by atoms with Gasteiger partial charge in [-0.25, -0.2) is 0 Å². The van der Waals surface area contributed by atoms with Crippen LogP contribution >= 0.6 is 0 Å². The van der Waals surface area contributed by atoms with Crippen molar-refractivity contribution in [2.24, 2.45) is 0 Å². The van der Waals surface area contributed by atoms with Crippen LogP contribution in [-0.4, -0.2) is 35.3 Å². The van der Waals surface area contributed by atoms with Crippen LogP contribution in [-0.2, 0) is 0 Å². The van der Waals surface area contributed by atoms with Crippen LogP contribution in [0.4, 0.5) is 5.69 Å². The minimum Gasteiger partial charge on any atom is -0.493 e. The summed E-state index contributed by atoms with van der Waals surface area (Å²) in [4.78, 5) is 20.6. The van der Waals surface area contributed by atoms with E-state index < -0.39 is 0 Å². The monoisotopic (exact) mass is 402 g/mol. The molecule has 30 heavy (non-hydrogen) atoms. The largest absolute Gasteiger partial charge is 0.493 e. The smallest absolute Gasteiger partial charge is 0.258 e. The standard InChI is InChI=1S/C22H18N4O4/c1-28-18-8-5-16(13-19(18)29-2)20-25-22(30-26-20)15-3-6-17(7-4-15)24-21(27)14-9-11-23-12-10-14/h3-13H,1-2H3,(H,24,27). The average Bonchev–Trinajstić information content (AvgIpc) is 3.30. The van der Waals surface area contributed by atoms with Crippen LogP contribution in [0.5, 0.6) is 11.5 Å². The first-order valence-electron chi connectivity index (χ1n) is 9.06. The highest BCUT2D eigenvalue weighted by molar-refractivity contribution is 6.04. The Morgan fingerprint density at radius 1 is 0.900 bits per heavy atom. The minimum atomic E-state index is -0.210. The van der Waals surface area contributed by atoms with Gasteiger partial charge in [-0.3, -0.25) is 9.78 Å². The van der Waals surface area contributed by atoms with Gasteiger partial charge in [-0.2, -0.15) is 4.98 Å².